The Morgan fingerprint density at radius 3 is 2.61 bits per heavy atom. The molecule has 2 heterocycles. The van der Waals surface area contributed by atoms with E-state index in [0.29, 0.717) is 13.1 Å². The van der Waals surface area contributed by atoms with E-state index in [-0.39, 0.29) is 18.0 Å². The smallest absolute Gasteiger partial charge is 0.269 e. The van der Waals surface area contributed by atoms with Crippen LogP contribution in [-0.2, 0) is 4.79 Å². The van der Waals surface area contributed by atoms with Crippen LogP contribution in [0.15, 0.2) is 48.5 Å². The van der Waals surface area contributed by atoms with Crippen LogP contribution < -0.4 is 0 Å². The highest BCUT2D eigenvalue weighted by Gasteiger charge is 2.29. The first-order valence-corrected chi connectivity index (χ1v) is 9.58. The van der Waals surface area contributed by atoms with Crippen LogP contribution in [0.1, 0.15) is 17.0 Å². The van der Waals surface area contributed by atoms with Crippen molar-refractivity contribution in [2.45, 2.75) is 12.5 Å². The maximum absolute atomic E-state index is 12.6. The Bertz CT molecular complexity index is 1040. The number of likely N-dealkylation sites (tertiary alicyclic amines) is 1. The molecule has 1 N–H and O–H groups in total. The summed E-state index contributed by atoms with van der Waals surface area (Å²) in [6.07, 6.45) is 1.55. The highest BCUT2D eigenvalue weighted by molar-refractivity contribution is 7.19. The van der Waals surface area contributed by atoms with Crippen LogP contribution in [0.4, 0.5) is 5.69 Å². The Balaban J connectivity index is 1.67. The molecule has 0 unspecified atom stereocenters. The van der Waals surface area contributed by atoms with Gasteiger partial charge in [0, 0.05) is 25.2 Å². The highest BCUT2D eigenvalue weighted by Crippen LogP contribution is 2.31. The van der Waals surface area contributed by atoms with Crippen LogP contribution in [0.2, 0.25) is 0 Å². The van der Waals surface area contributed by atoms with Gasteiger partial charge < -0.3 is 10.0 Å². The molecule has 0 radical (unpaired) electrons. The van der Waals surface area contributed by atoms with Gasteiger partial charge in [0.15, 0.2) is 0 Å². The Hall–Kier alpha value is -3.10. The van der Waals surface area contributed by atoms with E-state index in [4.69, 9.17) is 0 Å². The number of aliphatic hydroxyl groups is 1. The minimum absolute atomic E-state index is 0.0179. The summed E-state index contributed by atoms with van der Waals surface area (Å²) in [7, 11) is 0. The number of carbonyl (C=O) groups is 1. The molecule has 3 aromatic rings. The molecule has 8 heteroatoms. The van der Waals surface area contributed by atoms with E-state index in [9.17, 15) is 20.0 Å². The first kappa shape index (κ1) is 18.3. The number of hydrogen-bond acceptors (Lipinski definition) is 6. The largest absolute Gasteiger partial charge is 0.389 e. The first-order chi connectivity index (χ1) is 13.5. The number of para-hydroxylation sites is 1. The molecule has 1 aromatic heterocycles. The van der Waals surface area contributed by atoms with Gasteiger partial charge in [-0.05, 0) is 41.5 Å². The molecule has 0 aliphatic carbocycles. The summed E-state index contributed by atoms with van der Waals surface area (Å²) in [6.45, 7) is 0.701. The highest BCUT2D eigenvalue weighted by atomic mass is 32.1. The number of carbonyl (C=O) groups excluding carboxylic acids is 1. The van der Waals surface area contributed by atoms with Gasteiger partial charge in [0.2, 0.25) is 5.91 Å². The summed E-state index contributed by atoms with van der Waals surface area (Å²) < 4.78 is 1.03. The number of hydrogen-bond donors (Lipinski definition) is 1. The number of non-ortho nitro benzene ring substituents is 1. The van der Waals surface area contributed by atoms with Crippen molar-refractivity contribution in [2.24, 2.45) is 0 Å². The minimum atomic E-state index is -0.450. The van der Waals surface area contributed by atoms with Gasteiger partial charge in [-0.1, -0.05) is 12.1 Å². The van der Waals surface area contributed by atoms with Crippen molar-refractivity contribution in [3.63, 3.8) is 0 Å². The Morgan fingerprint density at radius 2 is 1.96 bits per heavy atom. The number of rotatable bonds is 5. The molecule has 1 fully saturated rings. The lowest BCUT2D eigenvalue weighted by Crippen LogP contribution is -2.53. The summed E-state index contributed by atoms with van der Waals surface area (Å²) in [6, 6.07) is 14.0. The Morgan fingerprint density at radius 1 is 1.25 bits per heavy atom. The lowest BCUT2D eigenvalue weighted by atomic mass is 10.1. The van der Waals surface area contributed by atoms with Crippen LogP contribution in [0.5, 0.6) is 0 Å². The Kier molecular flexibility index (Phi) is 4.89. The van der Waals surface area contributed by atoms with E-state index < -0.39 is 11.0 Å². The number of nitro benzene ring substituents is 1. The van der Waals surface area contributed by atoms with Crippen molar-refractivity contribution >= 4 is 44.8 Å². The molecule has 1 amide bonds. The zero-order valence-electron chi connectivity index (χ0n) is 14.8. The summed E-state index contributed by atoms with van der Waals surface area (Å²) in [5, 5.41) is 21.0. The second-order valence-corrected chi connectivity index (χ2v) is 7.66. The number of fused-ring (bicyclic) bond motifs is 1. The Labute approximate surface area is 164 Å². The molecule has 1 aliphatic rings. The summed E-state index contributed by atoms with van der Waals surface area (Å²) in [5.74, 6) is -0.0716. The summed E-state index contributed by atoms with van der Waals surface area (Å²) in [5.41, 5.74) is 2.39. The number of amides is 1. The third kappa shape index (κ3) is 3.78. The number of nitro groups is 1. The molecule has 7 nitrogen and oxygen atoms in total. The summed E-state index contributed by atoms with van der Waals surface area (Å²) in [4.78, 5) is 29.2. The van der Waals surface area contributed by atoms with Crippen LogP contribution >= 0.6 is 11.3 Å². The van der Waals surface area contributed by atoms with Crippen LogP contribution in [0.25, 0.3) is 21.9 Å². The number of β-amino-alcohol motifs (C(OH)–C–C–N with tert-alkyl or cyclic N) is 1. The van der Waals surface area contributed by atoms with Crippen molar-refractivity contribution in [3.05, 3.63) is 69.2 Å². The third-order valence-electron chi connectivity index (χ3n) is 4.57. The molecule has 0 atom stereocenters. The zero-order valence-corrected chi connectivity index (χ0v) is 15.6. The lowest BCUT2D eigenvalue weighted by Gasteiger charge is -2.36. The number of benzene rings is 2. The van der Waals surface area contributed by atoms with E-state index in [1.165, 1.54) is 23.5 Å². The van der Waals surface area contributed by atoms with Crippen LogP contribution in [0, 0.1) is 10.1 Å². The molecular formula is C20H17N3O4S. The molecule has 1 aliphatic heterocycles. The van der Waals surface area contributed by atoms with Gasteiger partial charge in [0.1, 0.15) is 5.01 Å². The number of thiazole rings is 1. The SMILES string of the molecule is O=C(C/C(=C/c1ccc([N+](=O)[O-])cc1)c1nc2ccccc2s1)N1CC(O)C1. The maximum atomic E-state index is 12.6. The van der Waals surface area contributed by atoms with E-state index in [2.05, 4.69) is 4.98 Å². The molecular weight excluding hydrogens is 378 g/mol. The number of aliphatic hydroxyl groups excluding tert-OH is 1. The first-order valence-electron chi connectivity index (χ1n) is 8.76. The predicted molar refractivity (Wildman–Crippen MR) is 108 cm³/mol. The summed E-state index contributed by atoms with van der Waals surface area (Å²) >= 11 is 1.50. The second-order valence-electron chi connectivity index (χ2n) is 6.63. The standard InChI is InChI=1S/C20H17N3O4S/c24-16-11-22(12-16)19(25)10-14(9-13-5-7-15(8-6-13)23(26)27)20-21-17-3-1-2-4-18(17)28-20/h1-9,16,24H,10-12H2/b14-9-. The number of nitrogens with zero attached hydrogens (tertiary/aromatic N) is 3. The molecule has 4 rings (SSSR count). The van der Waals surface area contributed by atoms with E-state index in [0.717, 1.165) is 26.4 Å². The zero-order chi connectivity index (χ0) is 19.7. The quantitative estimate of drug-likeness (QED) is 0.528. The minimum Gasteiger partial charge on any atom is -0.389 e. The fourth-order valence-electron chi connectivity index (χ4n) is 3.03. The maximum Gasteiger partial charge on any atom is 0.269 e. The van der Waals surface area contributed by atoms with Crippen molar-refractivity contribution < 1.29 is 14.8 Å². The average Bonchev–Trinajstić information content (AvgIpc) is 3.09. The molecule has 142 valence electrons. The van der Waals surface area contributed by atoms with Gasteiger partial charge in [-0.25, -0.2) is 4.98 Å². The molecule has 0 bridgehead atoms. The van der Waals surface area contributed by atoms with Gasteiger partial charge >= 0.3 is 0 Å². The van der Waals surface area contributed by atoms with Gasteiger partial charge in [0.25, 0.3) is 5.69 Å². The monoisotopic (exact) mass is 395 g/mol. The van der Waals surface area contributed by atoms with Crippen molar-refractivity contribution in [1.82, 2.24) is 9.88 Å². The van der Waals surface area contributed by atoms with Crippen LogP contribution in [0.3, 0.4) is 0 Å². The molecule has 0 spiro atoms. The average molecular weight is 395 g/mol. The topological polar surface area (TPSA) is 96.6 Å². The molecule has 2 aromatic carbocycles. The van der Waals surface area contributed by atoms with Gasteiger partial charge in [0.05, 0.1) is 27.7 Å². The fourth-order valence-corrected chi connectivity index (χ4v) is 4.00. The normalized spacial score (nSPS) is 14.9. The van der Waals surface area contributed by atoms with Gasteiger partial charge in [-0.2, -0.15) is 0 Å². The molecule has 28 heavy (non-hydrogen) atoms. The van der Waals surface area contributed by atoms with Crippen LogP contribution in [-0.4, -0.2) is 45.0 Å². The van der Waals surface area contributed by atoms with E-state index in [1.54, 1.807) is 17.0 Å². The number of aromatic nitrogens is 1. The van der Waals surface area contributed by atoms with Crippen molar-refractivity contribution in [3.8, 4) is 0 Å². The lowest BCUT2D eigenvalue weighted by molar-refractivity contribution is -0.384. The van der Waals surface area contributed by atoms with Crippen molar-refractivity contribution in [2.75, 3.05) is 13.1 Å². The van der Waals surface area contributed by atoms with E-state index in [1.807, 2.05) is 30.3 Å². The third-order valence-corrected chi connectivity index (χ3v) is 5.68. The van der Waals surface area contributed by atoms with Crippen molar-refractivity contribution in [1.29, 1.82) is 0 Å². The molecule has 1 saturated heterocycles. The fraction of sp³-hybridized carbons (Fsp3) is 0.200. The van der Waals surface area contributed by atoms with E-state index >= 15 is 0 Å². The van der Waals surface area contributed by atoms with Gasteiger partial charge in [-0.3, -0.25) is 14.9 Å². The predicted octanol–water partition coefficient (Wildman–Crippen LogP) is 3.34. The molecule has 0 saturated carbocycles. The van der Waals surface area contributed by atoms with Gasteiger partial charge in [-0.15, -0.1) is 11.3 Å². The second kappa shape index (κ2) is 7.49.